The van der Waals surface area contributed by atoms with Crippen molar-refractivity contribution in [3.05, 3.63) is 77.1 Å². The third-order valence-electron chi connectivity index (χ3n) is 4.39. The minimum Gasteiger partial charge on any atom is -0.276 e. The largest absolute Gasteiger partial charge is 0.276 e. The van der Waals surface area contributed by atoms with Gasteiger partial charge in [-0.15, -0.1) is 9.24 Å². The van der Waals surface area contributed by atoms with Crippen molar-refractivity contribution in [3.63, 3.8) is 0 Å². The molecule has 2 aromatic carbocycles. The van der Waals surface area contributed by atoms with Crippen molar-refractivity contribution in [1.29, 1.82) is 0 Å². The topological polar surface area (TPSA) is 61.9 Å². The molecule has 0 bridgehead atoms. The molecule has 140 valence electrons. The first kappa shape index (κ1) is 19.3. The van der Waals surface area contributed by atoms with E-state index in [-0.39, 0.29) is 5.91 Å². The number of nitrogens with zero attached hydrogens (tertiary/aromatic N) is 3. The Morgan fingerprint density at radius 3 is 2.71 bits per heavy atom. The fourth-order valence-corrected chi connectivity index (χ4v) is 4.09. The van der Waals surface area contributed by atoms with E-state index < -0.39 is 0 Å². The summed E-state index contributed by atoms with van der Waals surface area (Å²) in [7, 11) is 2.61. The highest BCUT2D eigenvalue weighted by molar-refractivity contribution is 14.1. The van der Waals surface area contributed by atoms with Crippen LogP contribution >= 0.6 is 43.7 Å². The van der Waals surface area contributed by atoms with Gasteiger partial charge in [0.25, 0.3) is 5.91 Å². The molecule has 8 heteroatoms. The smallest absolute Gasteiger partial charge is 0.265 e. The van der Waals surface area contributed by atoms with Crippen molar-refractivity contribution in [1.82, 2.24) is 18.3 Å². The number of hydrogen-bond donors (Lipinski definition) is 1. The average molecular weight is 521 g/mol. The fourth-order valence-electron chi connectivity index (χ4n) is 3.00. The first-order valence-corrected chi connectivity index (χ1v) is 10.4. The van der Waals surface area contributed by atoms with Crippen LogP contribution < -0.4 is 5.30 Å². The Bertz CT molecular complexity index is 1170. The van der Waals surface area contributed by atoms with Gasteiger partial charge >= 0.3 is 0 Å². The van der Waals surface area contributed by atoms with E-state index in [1.54, 1.807) is 15.5 Å². The zero-order valence-corrected chi connectivity index (χ0v) is 18.6. The lowest BCUT2D eigenvalue weighted by molar-refractivity contribution is 0.0885. The van der Waals surface area contributed by atoms with Gasteiger partial charge in [0.15, 0.2) is 0 Å². The lowest BCUT2D eigenvalue weighted by Gasteiger charge is -2.16. The lowest BCUT2D eigenvalue weighted by Crippen LogP contribution is -2.21. The van der Waals surface area contributed by atoms with E-state index in [0.29, 0.717) is 17.1 Å². The highest BCUT2D eigenvalue weighted by Crippen LogP contribution is 2.29. The van der Waals surface area contributed by atoms with E-state index in [1.807, 2.05) is 71.4 Å². The Morgan fingerprint density at radius 2 is 1.96 bits per heavy atom. The molecule has 28 heavy (non-hydrogen) atoms. The molecule has 4 aromatic rings. The van der Waals surface area contributed by atoms with E-state index in [9.17, 15) is 4.79 Å². The van der Waals surface area contributed by atoms with Crippen LogP contribution in [-0.2, 0) is 6.54 Å². The molecular formula is C20H15ClIN4OP. The molecule has 4 rings (SSSR count). The molecule has 5 nitrogen and oxygen atoms in total. The SMILES string of the molecule is O=C(c1cccc2c(-c3ccncc3)n[nH]c12)N(I)Cc1ccc(Cl)c(P)c1. The van der Waals surface area contributed by atoms with E-state index >= 15 is 0 Å². The van der Waals surface area contributed by atoms with Crippen molar-refractivity contribution in [2.45, 2.75) is 6.54 Å². The minimum atomic E-state index is -0.0867. The number of nitrogens with one attached hydrogen (secondary N) is 1. The summed E-state index contributed by atoms with van der Waals surface area (Å²) in [5.41, 5.74) is 4.07. The lowest BCUT2D eigenvalue weighted by atomic mass is 10.1. The number of carbonyl (C=O) groups is 1. The van der Waals surface area contributed by atoms with Crippen LogP contribution in [0.2, 0.25) is 5.02 Å². The van der Waals surface area contributed by atoms with Crippen molar-refractivity contribution in [2.75, 3.05) is 0 Å². The highest BCUT2D eigenvalue weighted by Gasteiger charge is 2.19. The van der Waals surface area contributed by atoms with Crippen molar-refractivity contribution < 1.29 is 4.79 Å². The third-order valence-corrected chi connectivity index (χ3v) is 6.17. The molecule has 2 aromatic heterocycles. The number of carbonyl (C=O) groups excluding carboxylic acids is 1. The molecule has 0 aliphatic carbocycles. The van der Waals surface area contributed by atoms with Crippen LogP contribution in [-0.4, -0.2) is 24.2 Å². The molecule has 0 spiro atoms. The third kappa shape index (κ3) is 3.77. The Kier molecular flexibility index (Phi) is 5.62. The molecule has 1 amide bonds. The van der Waals surface area contributed by atoms with E-state index in [2.05, 4.69) is 24.4 Å². The van der Waals surface area contributed by atoms with Gasteiger partial charge < -0.3 is 0 Å². The summed E-state index contributed by atoms with van der Waals surface area (Å²) in [6.45, 7) is 0.472. The first-order valence-electron chi connectivity index (χ1n) is 8.43. The molecule has 0 aliphatic rings. The van der Waals surface area contributed by atoms with Crippen molar-refractivity contribution in [3.8, 4) is 11.3 Å². The van der Waals surface area contributed by atoms with Crippen LogP contribution in [0, 0.1) is 0 Å². The number of para-hydroxylation sites is 1. The number of benzene rings is 2. The van der Waals surface area contributed by atoms with Crippen LogP contribution in [0.3, 0.4) is 0 Å². The number of aromatic nitrogens is 3. The Balaban J connectivity index is 1.65. The predicted octanol–water partition coefficient (Wildman–Crippen LogP) is 4.77. The standard InChI is InChI=1S/C20H15ClIN4OP/c21-16-5-4-12(10-17(16)28)11-26(22)20(27)15-3-1-2-14-18(24-25-19(14)15)13-6-8-23-9-7-13/h1-10H,11,28H2,(H,24,25). The summed E-state index contributed by atoms with van der Waals surface area (Å²) >= 11 is 8.12. The Morgan fingerprint density at radius 1 is 1.18 bits per heavy atom. The normalized spacial score (nSPS) is 11.0. The second kappa shape index (κ2) is 8.15. The van der Waals surface area contributed by atoms with Gasteiger partial charge in [-0.05, 0) is 41.2 Å². The number of hydrogen-bond acceptors (Lipinski definition) is 3. The number of fused-ring (bicyclic) bond motifs is 1. The number of amides is 1. The van der Waals surface area contributed by atoms with Gasteiger partial charge in [-0.1, -0.05) is 29.8 Å². The second-order valence-electron chi connectivity index (χ2n) is 6.22. The average Bonchev–Trinajstić information content (AvgIpc) is 3.15. The number of pyridine rings is 1. The van der Waals surface area contributed by atoms with Crippen LogP contribution in [0.25, 0.3) is 22.2 Å². The molecule has 0 saturated carbocycles. The molecule has 0 saturated heterocycles. The molecule has 1 N–H and O–H groups in total. The summed E-state index contributed by atoms with van der Waals surface area (Å²) in [5, 5.41) is 9.96. The Hall–Kier alpha value is -2.02. The monoisotopic (exact) mass is 520 g/mol. The highest BCUT2D eigenvalue weighted by atomic mass is 127. The van der Waals surface area contributed by atoms with Gasteiger partial charge in [-0.2, -0.15) is 5.10 Å². The van der Waals surface area contributed by atoms with Gasteiger partial charge in [-0.25, -0.2) is 0 Å². The zero-order chi connectivity index (χ0) is 19.7. The second-order valence-corrected chi connectivity index (χ2v) is 8.41. The number of aromatic amines is 1. The van der Waals surface area contributed by atoms with E-state index in [0.717, 1.165) is 33.0 Å². The van der Waals surface area contributed by atoms with Gasteiger partial charge in [0.05, 0.1) is 40.5 Å². The summed E-state index contributed by atoms with van der Waals surface area (Å²) in [4.78, 5) is 17.1. The quantitative estimate of drug-likeness (QED) is 0.240. The van der Waals surface area contributed by atoms with Gasteiger partial charge in [0.2, 0.25) is 0 Å². The molecule has 1 atom stereocenters. The number of H-pyrrole nitrogens is 1. The zero-order valence-electron chi connectivity index (χ0n) is 14.6. The molecule has 0 aliphatic heterocycles. The van der Waals surface area contributed by atoms with E-state index in [1.165, 1.54) is 0 Å². The first-order chi connectivity index (χ1) is 13.5. The summed E-state index contributed by atoms with van der Waals surface area (Å²) < 4.78 is 1.66. The predicted molar refractivity (Wildman–Crippen MR) is 124 cm³/mol. The van der Waals surface area contributed by atoms with Gasteiger partial charge in [0.1, 0.15) is 5.69 Å². The van der Waals surface area contributed by atoms with Crippen LogP contribution in [0.1, 0.15) is 15.9 Å². The molecule has 0 fully saturated rings. The maximum Gasteiger partial charge on any atom is 0.265 e. The van der Waals surface area contributed by atoms with E-state index in [4.69, 9.17) is 11.6 Å². The Labute approximate surface area is 183 Å². The van der Waals surface area contributed by atoms with Crippen molar-refractivity contribution in [2.24, 2.45) is 0 Å². The fraction of sp³-hybridized carbons (Fsp3) is 0.0500. The van der Waals surface area contributed by atoms with Gasteiger partial charge in [0, 0.05) is 28.4 Å². The number of halogens is 2. The number of rotatable bonds is 4. The maximum absolute atomic E-state index is 13.1. The molecule has 1 unspecified atom stereocenters. The van der Waals surface area contributed by atoms with Crippen LogP contribution in [0.5, 0.6) is 0 Å². The van der Waals surface area contributed by atoms with Crippen molar-refractivity contribution >= 4 is 65.8 Å². The maximum atomic E-state index is 13.1. The van der Waals surface area contributed by atoms with Gasteiger partial charge in [-0.3, -0.25) is 18.0 Å². The summed E-state index contributed by atoms with van der Waals surface area (Å²) in [6, 6.07) is 15.2. The van der Waals surface area contributed by atoms with Crippen LogP contribution in [0.15, 0.2) is 60.9 Å². The summed E-state index contributed by atoms with van der Waals surface area (Å²) in [5.74, 6) is -0.0867. The minimum absolute atomic E-state index is 0.0867. The van der Waals surface area contributed by atoms with Crippen LogP contribution in [0.4, 0.5) is 0 Å². The molecule has 2 heterocycles. The molecule has 0 radical (unpaired) electrons. The summed E-state index contributed by atoms with van der Waals surface area (Å²) in [6.07, 6.45) is 3.45. The molecular weight excluding hydrogens is 506 g/mol.